The van der Waals surface area contributed by atoms with E-state index in [2.05, 4.69) is 0 Å². The number of hydrogen-bond acceptors (Lipinski definition) is 2. The highest BCUT2D eigenvalue weighted by Crippen LogP contribution is 2.36. The maximum atomic E-state index is 10.6. The van der Waals surface area contributed by atoms with Gasteiger partial charge in [0.2, 0.25) is 9.05 Å². The fraction of sp³-hybridized carbons (Fsp3) is 1.00. The molecule has 0 saturated heterocycles. The molecule has 1 atom stereocenters. The molecule has 0 radical (unpaired) electrons. The summed E-state index contributed by atoms with van der Waals surface area (Å²) in [7, 11) is 1.51. The van der Waals surface area contributed by atoms with Crippen LogP contribution in [0.15, 0.2) is 0 Å². The van der Waals surface area contributed by atoms with Crippen molar-refractivity contribution in [1.82, 2.24) is 0 Å². The molecule has 0 aromatic rings. The molecule has 0 spiro atoms. The minimum absolute atomic E-state index is 0.0872. The van der Waals surface area contributed by atoms with Gasteiger partial charge in [-0.3, -0.25) is 0 Å². The molecule has 1 aliphatic rings. The summed E-state index contributed by atoms with van der Waals surface area (Å²) in [6.45, 7) is 0. The molecule has 0 aliphatic heterocycles. The predicted octanol–water partition coefficient (Wildman–Crippen LogP) is 1.92. The van der Waals surface area contributed by atoms with Gasteiger partial charge in [0.1, 0.15) is 0 Å². The summed E-state index contributed by atoms with van der Waals surface area (Å²) in [5, 5.41) is 0. The third-order valence-corrected chi connectivity index (χ3v) is 4.62. The maximum Gasteiger partial charge on any atom is 0.249 e. The molecule has 10 heavy (non-hydrogen) atoms. The highest BCUT2D eigenvalue weighted by Gasteiger charge is 2.33. The third kappa shape index (κ3) is 1.77. The van der Waals surface area contributed by atoms with Crippen molar-refractivity contribution in [2.45, 2.75) is 24.0 Å². The number of halogens is 2. The lowest BCUT2D eigenvalue weighted by atomic mass is 9.87. The average Bonchev–Trinajstić information content (AvgIpc) is 1.57. The van der Waals surface area contributed by atoms with Gasteiger partial charge < -0.3 is 0 Å². The zero-order valence-corrected chi connectivity index (χ0v) is 7.59. The minimum atomic E-state index is -3.53. The molecule has 0 aromatic carbocycles. The van der Waals surface area contributed by atoms with Gasteiger partial charge in [-0.25, -0.2) is 8.42 Å². The fourth-order valence-corrected chi connectivity index (χ4v) is 2.35. The molecule has 1 unspecified atom stereocenters. The van der Waals surface area contributed by atoms with Crippen LogP contribution < -0.4 is 0 Å². The zero-order valence-electron chi connectivity index (χ0n) is 5.26. The van der Waals surface area contributed by atoms with Gasteiger partial charge in [0.25, 0.3) is 0 Å². The predicted molar refractivity (Wildman–Crippen MR) is 41.8 cm³/mol. The van der Waals surface area contributed by atoms with Gasteiger partial charge >= 0.3 is 0 Å². The second-order valence-electron chi connectivity index (χ2n) is 2.52. The topological polar surface area (TPSA) is 34.1 Å². The van der Waals surface area contributed by atoms with Gasteiger partial charge in [-0.1, -0.05) is 6.42 Å². The van der Waals surface area contributed by atoms with Crippen LogP contribution in [0, 0.1) is 5.92 Å². The van der Waals surface area contributed by atoms with Gasteiger partial charge in [-0.2, -0.15) is 0 Å². The molecule has 5 heteroatoms. The number of rotatable bonds is 2. The van der Waals surface area contributed by atoms with E-state index in [0.29, 0.717) is 0 Å². The molecular formula is C5H8Cl2O2S. The van der Waals surface area contributed by atoms with Gasteiger partial charge in [-0.05, 0) is 18.8 Å². The monoisotopic (exact) mass is 202 g/mol. The Bertz CT molecular complexity index is 208. The number of hydrogen-bond donors (Lipinski definition) is 0. The van der Waals surface area contributed by atoms with E-state index in [1.165, 1.54) is 0 Å². The molecular weight excluding hydrogens is 195 g/mol. The molecule has 0 bridgehead atoms. The minimum Gasteiger partial charge on any atom is -0.211 e. The second-order valence-corrected chi connectivity index (χ2v) is 6.00. The van der Waals surface area contributed by atoms with Crippen molar-refractivity contribution in [2.75, 3.05) is 0 Å². The van der Waals surface area contributed by atoms with E-state index in [9.17, 15) is 8.42 Å². The Morgan fingerprint density at radius 2 is 1.90 bits per heavy atom. The first kappa shape index (κ1) is 8.62. The smallest absolute Gasteiger partial charge is 0.211 e. The second kappa shape index (κ2) is 2.88. The molecule has 1 saturated carbocycles. The molecule has 60 valence electrons. The van der Waals surface area contributed by atoms with Gasteiger partial charge in [0, 0.05) is 10.7 Å². The molecule has 1 rings (SSSR count). The highest BCUT2D eigenvalue weighted by molar-refractivity contribution is 8.15. The Balaban J connectivity index is 2.56. The number of alkyl halides is 1. The van der Waals surface area contributed by atoms with E-state index in [1.807, 2.05) is 0 Å². The summed E-state index contributed by atoms with van der Waals surface area (Å²) >= 11 is 5.54. The van der Waals surface area contributed by atoms with Crippen molar-refractivity contribution in [3.05, 3.63) is 0 Å². The SMILES string of the molecule is O=S(=O)(Cl)C(Cl)C1CCC1. The van der Waals surface area contributed by atoms with Crippen LogP contribution >= 0.6 is 22.3 Å². The van der Waals surface area contributed by atoms with Crippen LogP contribution in [0.25, 0.3) is 0 Å². The molecule has 0 N–H and O–H groups in total. The Labute approximate surface area is 69.9 Å². The lowest BCUT2D eigenvalue weighted by Gasteiger charge is -2.27. The molecule has 0 heterocycles. The van der Waals surface area contributed by atoms with Crippen LogP contribution in [-0.2, 0) is 9.05 Å². The Kier molecular flexibility index (Phi) is 2.48. The van der Waals surface area contributed by atoms with Crippen molar-refractivity contribution in [3.8, 4) is 0 Å². The van der Waals surface area contributed by atoms with Crippen molar-refractivity contribution >= 4 is 31.3 Å². The van der Waals surface area contributed by atoms with E-state index >= 15 is 0 Å². The lowest BCUT2D eigenvalue weighted by Crippen LogP contribution is -2.26. The van der Waals surface area contributed by atoms with Crippen molar-refractivity contribution < 1.29 is 8.42 Å². The van der Waals surface area contributed by atoms with Gasteiger partial charge in [-0.15, -0.1) is 11.6 Å². The summed E-state index contributed by atoms with van der Waals surface area (Å²) in [6, 6.07) is 0. The molecule has 1 fully saturated rings. The van der Waals surface area contributed by atoms with E-state index in [0.717, 1.165) is 19.3 Å². The quantitative estimate of drug-likeness (QED) is 0.507. The first-order valence-electron chi connectivity index (χ1n) is 3.09. The van der Waals surface area contributed by atoms with Crippen LogP contribution in [-0.4, -0.2) is 13.1 Å². The van der Waals surface area contributed by atoms with E-state index in [4.69, 9.17) is 22.3 Å². The Morgan fingerprint density at radius 3 is 2.00 bits per heavy atom. The summed E-state index contributed by atoms with van der Waals surface area (Å²) in [5.74, 6) is 0.0872. The molecule has 1 aliphatic carbocycles. The van der Waals surface area contributed by atoms with Crippen LogP contribution in [0.3, 0.4) is 0 Å². The Hall–Kier alpha value is 0.530. The Morgan fingerprint density at radius 1 is 1.40 bits per heavy atom. The summed E-state index contributed by atoms with van der Waals surface area (Å²) < 4.78 is 20.3. The summed E-state index contributed by atoms with van der Waals surface area (Å²) in [6.07, 6.45) is 2.85. The van der Waals surface area contributed by atoms with Crippen molar-refractivity contribution in [2.24, 2.45) is 5.92 Å². The van der Waals surface area contributed by atoms with Crippen LogP contribution in [0.5, 0.6) is 0 Å². The molecule has 2 nitrogen and oxygen atoms in total. The third-order valence-electron chi connectivity index (χ3n) is 1.79. The normalized spacial score (nSPS) is 23.8. The van der Waals surface area contributed by atoms with Gasteiger partial charge in [0.15, 0.2) is 4.71 Å². The largest absolute Gasteiger partial charge is 0.249 e. The fourth-order valence-electron chi connectivity index (χ4n) is 0.932. The first-order chi connectivity index (χ1) is 4.52. The van der Waals surface area contributed by atoms with Crippen molar-refractivity contribution in [3.63, 3.8) is 0 Å². The highest BCUT2D eigenvalue weighted by atomic mass is 35.7. The molecule has 0 aromatic heterocycles. The first-order valence-corrected chi connectivity index (χ1v) is 5.90. The van der Waals surface area contributed by atoms with Crippen LogP contribution in [0.1, 0.15) is 19.3 Å². The van der Waals surface area contributed by atoms with Crippen molar-refractivity contribution in [1.29, 1.82) is 0 Å². The molecule has 0 amide bonds. The summed E-state index contributed by atoms with van der Waals surface area (Å²) in [5.41, 5.74) is 0. The summed E-state index contributed by atoms with van der Waals surface area (Å²) in [4.78, 5) is 0. The average molecular weight is 203 g/mol. The maximum absolute atomic E-state index is 10.6. The zero-order chi connectivity index (χ0) is 7.78. The van der Waals surface area contributed by atoms with E-state index in [1.54, 1.807) is 0 Å². The van der Waals surface area contributed by atoms with E-state index in [-0.39, 0.29) is 5.92 Å². The van der Waals surface area contributed by atoms with Gasteiger partial charge in [0.05, 0.1) is 0 Å². The van der Waals surface area contributed by atoms with Crippen LogP contribution in [0.2, 0.25) is 0 Å². The standard InChI is InChI=1S/C5H8Cl2O2S/c6-5(10(7,8)9)4-2-1-3-4/h4-5H,1-3H2. The lowest BCUT2D eigenvalue weighted by molar-refractivity contribution is 0.334. The van der Waals surface area contributed by atoms with Crippen LogP contribution in [0.4, 0.5) is 0 Å². The van der Waals surface area contributed by atoms with E-state index < -0.39 is 13.8 Å².